The summed E-state index contributed by atoms with van der Waals surface area (Å²) in [7, 11) is 0. The molecular weight excluding hydrogens is 221 g/mol. The molecule has 0 aliphatic rings. The maximum atomic E-state index is 13.0. The first-order valence-electron chi connectivity index (χ1n) is 4.78. The summed E-state index contributed by atoms with van der Waals surface area (Å²) in [6.45, 7) is 0. The Morgan fingerprint density at radius 3 is 2.76 bits per heavy atom. The normalized spacial score (nSPS) is 9.65. The molecule has 2 rings (SSSR count). The molecule has 5 heteroatoms. The number of halogens is 1. The standard InChI is InChI=1S/C12H8FN3O/c13-8-1-4-11(15)12(5-8)17-10-3-2-9(6-14)16-7-10/h1-5,7H,15H2. The van der Waals surface area contributed by atoms with Crippen molar-refractivity contribution in [3.63, 3.8) is 0 Å². The van der Waals surface area contributed by atoms with Crippen molar-refractivity contribution in [2.75, 3.05) is 5.73 Å². The fraction of sp³-hybridized carbons (Fsp3) is 0. The van der Waals surface area contributed by atoms with Gasteiger partial charge in [0.15, 0.2) is 5.75 Å². The van der Waals surface area contributed by atoms with Crippen molar-refractivity contribution in [1.82, 2.24) is 4.98 Å². The predicted molar refractivity (Wildman–Crippen MR) is 59.8 cm³/mol. The van der Waals surface area contributed by atoms with Crippen LogP contribution < -0.4 is 10.5 Å². The minimum atomic E-state index is -0.434. The van der Waals surface area contributed by atoms with Crippen molar-refractivity contribution in [1.29, 1.82) is 5.26 Å². The Kier molecular flexibility index (Phi) is 2.88. The van der Waals surface area contributed by atoms with Crippen molar-refractivity contribution < 1.29 is 9.13 Å². The molecule has 0 aliphatic carbocycles. The van der Waals surface area contributed by atoms with Crippen LogP contribution in [0.25, 0.3) is 0 Å². The molecule has 0 aliphatic heterocycles. The number of nitrogens with two attached hydrogens (primary N) is 1. The van der Waals surface area contributed by atoms with Gasteiger partial charge in [-0.2, -0.15) is 5.26 Å². The van der Waals surface area contributed by atoms with Crippen LogP contribution >= 0.6 is 0 Å². The van der Waals surface area contributed by atoms with Crippen LogP contribution in [0.4, 0.5) is 10.1 Å². The molecule has 0 saturated heterocycles. The zero-order valence-electron chi connectivity index (χ0n) is 8.72. The molecule has 17 heavy (non-hydrogen) atoms. The largest absolute Gasteiger partial charge is 0.453 e. The van der Waals surface area contributed by atoms with Crippen molar-refractivity contribution in [3.05, 3.63) is 48.0 Å². The summed E-state index contributed by atoms with van der Waals surface area (Å²) in [6, 6.07) is 8.81. The summed E-state index contributed by atoms with van der Waals surface area (Å²) in [6.07, 6.45) is 1.38. The molecule has 2 N–H and O–H groups in total. The molecule has 0 spiro atoms. The fourth-order valence-corrected chi connectivity index (χ4v) is 1.23. The zero-order valence-corrected chi connectivity index (χ0v) is 8.72. The van der Waals surface area contributed by atoms with Crippen LogP contribution in [-0.4, -0.2) is 4.98 Å². The first-order chi connectivity index (χ1) is 8.19. The molecule has 4 nitrogen and oxygen atoms in total. The molecule has 2 aromatic rings. The van der Waals surface area contributed by atoms with Crippen LogP contribution in [0.2, 0.25) is 0 Å². The Labute approximate surface area is 97.1 Å². The molecule has 1 heterocycles. The van der Waals surface area contributed by atoms with Crippen LogP contribution in [0.3, 0.4) is 0 Å². The highest BCUT2D eigenvalue weighted by Crippen LogP contribution is 2.27. The van der Waals surface area contributed by atoms with Crippen LogP contribution in [-0.2, 0) is 0 Å². The molecule has 84 valence electrons. The van der Waals surface area contributed by atoms with Crippen LogP contribution in [0.5, 0.6) is 11.5 Å². The Morgan fingerprint density at radius 1 is 1.29 bits per heavy atom. The topological polar surface area (TPSA) is 71.9 Å². The molecule has 0 amide bonds. The van der Waals surface area contributed by atoms with Gasteiger partial charge in [-0.25, -0.2) is 9.37 Å². The number of benzene rings is 1. The van der Waals surface area contributed by atoms with E-state index in [1.54, 1.807) is 6.07 Å². The maximum absolute atomic E-state index is 13.0. The summed E-state index contributed by atoms with van der Waals surface area (Å²) >= 11 is 0. The van der Waals surface area contributed by atoms with Crippen LogP contribution in [0.15, 0.2) is 36.5 Å². The van der Waals surface area contributed by atoms with Crippen molar-refractivity contribution in [2.45, 2.75) is 0 Å². The highest BCUT2D eigenvalue weighted by Gasteiger charge is 2.04. The smallest absolute Gasteiger partial charge is 0.153 e. The van der Waals surface area contributed by atoms with Gasteiger partial charge in [0, 0.05) is 6.07 Å². The van der Waals surface area contributed by atoms with E-state index in [4.69, 9.17) is 15.7 Å². The van der Waals surface area contributed by atoms with Gasteiger partial charge in [0.1, 0.15) is 23.3 Å². The Balaban J connectivity index is 2.25. The second-order valence-electron chi connectivity index (χ2n) is 3.28. The van der Waals surface area contributed by atoms with Gasteiger partial charge >= 0.3 is 0 Å². The van der Waals surface area contributed by atoms with Gasteiger partial charge in [-0.1, -0.05) is 0 Å². The highest BCUT2D eigenvalue weighted by molar-refractivity contribution is 5.53. The number of aromatic nitrogens is 1. The lowest BCUT2D eigenvalue weighted by Crippen LogP contribution is -1.93. The number of ether oxygens (including phenoxy) is 1. The number of pyridine rings is 1. The highest BCUT2D eigenvalue weighted by atomic mass is 19.1. The third-order valence-corrected chi connectivity index (χ3v) is 2.05. The molecule has 0 bridgehead atoms. The van der Waals surface area contributed by atoms with E-state index in [9.17, 15) is 4.39 Å². The third-order valence-electron chi connectivity index (χ3n) is 2.05. The van der Waals surface area contributed by atoms with Gasteiger partial charge in [-0.05, 0) is 24.3 Å². The fourth-order valence-electron chi connectivity index (χ4n) is 1.23. The molecule has 0 radical (unpaired) electrons. The molecule has 0 fully saturated rings. The van der Waals surface area contributed by atoms with Crippen LogP contribution in [0, 0.1) is 17.1 Å². The molecule has 1 aromatic heterocycles. The minimum Gasteiger partial charge on any atom is -0.453 e. The van der Waals surface area contributed by atoms with Gasteiger partial charge in [-0.15, -0.1) is 0 Å². The quantitative estimate of drug-likeness (QED) is 0.803. The van der Waals surface area contributed by atoms with E-state index in [1.165, 1.54) is 30.5 Å². The number of rotatable bonds is 2. The first-order valence-corrected chi connectivity index (χ1v) is 4.78. The van der Waals surface area contributed by atoms with Crippen molar-refractivity contribution in [3.8, 4) is 17.6 Å². The number of hydrogen-bond acceptors (Lipinski definition) is 4. The second kappa shape index (κ2) is 4.49. The molecule has 0 atom stereocenters. The summed E-state index contributed by atoms with van der Waals surface area (Å²) < 4.78 is 18.3. The van der Waals surface area contributed by atoms with Gasteiger partial charge in [0.05, 0.1) is 11.9 Å². The molecule has 0 saturated carbocycles. The number of hydrogen-bond donors (Lipinski definition) is 1. The zero-order chi connectivity index (χ0) is 12.3. The lowest BCUT2D eigenvalue weighted by molar-refractivity contribution is 0.477. The average Bonchev–Trinajstić information content (AvgIpc) is 2.35. The molecule has 0 unspecified atom stereocenters. The first kappa shape index (κ1) is 10.9. The van der Waals surface area contributed by atoms with E-state index < -0.39 is 5.82 Å². The van der Waals surface area contributed by atoms with E-state index >= 15 is 0 Å². The predicted octanol–water partition coefficient (Wildman–Crippen LogP) is 2.47. The monoisotopic (exact) mass is 229 g/mol. The van der Waals surface area contributed by atoms with Gasteiger partial charge in [-0.3, -0.25) is 0 Å². The summed E-state index contributed by atoms with van der Waals surface area (Å²) in [5.41, 5.74) is 6.24. The lowest BCUT2D eigenvalue weighted by atomic mass is 10.3. The SMILES string of the molecule is N#Cc1ccc(Oc2cc(F)ccc2N)cn1. The number of nitriles is 1. The van der Waals surface area contributed by atoms with Crippen molar-refractivity contribution in [2.24, 2.45) is 0 Å². The third kappa shape index (κ3) is 2.49. The van der Waals surface area contributed by atoms with Crippen LogP contribution in [0.1, 0.15) is 5.69 Å². The van der Waals surface area contributed by atoms with Gasteiger partial charge < -0.3 is 10.5 Å². The van der Waals surface area contributed by atoms with Gasteiger partial charge in [0.2, 0.25) is 0 Å². The van der Waals surface area contributed by atoms with E-state index in [1.807, 2.05) is 6.07 Å². The summed E-state index contributed by atoms with van der Waals surface area (Å²) in [5, 5.41) is 8.58. The van der Waals surface area contributed by atoms with E-state index in [2.05, 4.69) is 4.98 Å². The number of anilines is 1. The molecular formula is C12H8FN3O. The maximum Gasteiger partial charge on any atom is 0.153 e. The molecule has 1 aromatic carbocycles. The Hall–Kier alpha value is -2.61. The van der Waals surface area contributed by atoms with Crippen molar-refractivity contribution >= 4 is 5.69 Å². The van der Waals surface area contributed by atoms with Gasteiger partial charge in [0.25, 0.3) is 0 Å². The Bertz CT molecular complexity index is 575. The second-order valence-corrected chi connectivity index (χ2v) is 3.28. The Morgan fingerprint density at radius 2 is 2.12 bits per heavy atom. The lowest BCUT2D eigenvalue weighted by Gasteiger charge is -2.07. The van der Waals surface area contributed by atoms with E-state index in [0.29, 0.717) is 11.4 Å². The number of nitrogens with zero attached hydrogens (tertiary/aromatic N) is 2. The van der Waals surface area contributed by atoms with E-state index in [0.717, 1.165) is 0 Å². The summed E-state index contributed by atoms with van der Waals surface area (Å²) in [4.78, 5) is 3.82. The number of nitrogen functional groups attached to an aromatic ring is 1. The minimum absolute atomic E-state index is 0.219. The van der Waals surface area contributed by atoms with E-state index in [-0.39, 0.29) is 11.4 Å². The average molecular weight is 229 g/mol. The summed E-state index contributed by atoms with van der Waals surface area (Å²) in [5.74, 6) is 0.175.